The first-order valence-corrected chi connectivity index (χ1v) is 12.8. The highest BCUT2D eigenvalue weighted by Crippen LogP contribution is 2.16. The van der Waals surface area contributed by atoms with Crippen LogP contribution in [-0.4, -0.2) is 34.8 Å². The van der Waals surface area contributed by atoms with Crippen LogP contribution in [0.2, 0.25) is 0 Å². The minimum Gasteiger partial charge on any atom is -0.388 e. The van der Waals surface area contributed by atoms with Gasteiger partial charge in [-0.25, -0.2) is 0 Å². The molecule has 1 aromatic rings. The second-order valence-electron chi connectivity index (χ2n) is 7.76. The second kappa shape index (κ2) is 17.1. The van der Waals surface area contributed by atoms with Gasteiger partial charge in [-0.3, -0.25) is 0 Å². The summed E-state index contributed by atoms with van der Waals surface area (Å²) in [5.74, 6) is 1.22. The van der Waals surface area contributed by atoms with Crippen LogP contribution in [0, 0.1) is 11.8 Å². The molecule has 1 N–H and O–H groups in total. The van der Waals surface area contributed by atoms with Gasteiger partial charge in [-0.15, -0.1) is 0 Å². The molecule has 4 heteroatoms. The Balaban J connectivity index is 2.49. The Morgan fingerprint density at radius 1 is 0.821 bits per heavy atom. The SMILES string of the molecule is CCCCC(CC)COC(OCC(CC)CCCC)[Si]CNc1ccccc1. The van der Waals surface area contributed by atoms with Gasteiger partial charge in [-0.05, 0) is 36.8 Å². The van der Waals surface area contributed by atoms with Crippen molar-refractivity contribution in [3.05, 3.63) is 30.3 Å². The molecule has 1 rings (SSSR count). The number of rotatable bonds is 18. The van der Waals surface area contributed by atoms with Crippen LogP contribution in [0.5, 0.6) is 0 Å². The fourth-order valence-electron chi connectivity index (χ4n) is 3.20. The summed E-state index contributed by atoms with van der Waals surface area (Å²) < 4.78 is 12.6. The molecule has 1 aromatic carbocycles. The van der Waals surface area contributed by atoms with Crippen molar-refractivity contribution < 1.29 is 9.47 Å². The van der Waals surface area contributed by atoms with Crippen LogP contribution >= 0.6 is 0 Å². The lowest BCUT2D eigenvalue weighted by Crippen LogP contribution is -2.33. The van der Waals surface area contributed by atoms with Crippen LogP contribution in [0.15, 0.2) is 30.3 Å². The quantitative estimate of drug-likeness (QED) is 0.223. The van der Waals surface area contributed by atoms with E-state index in [1.165, 1.54) is 51.4 Å². The summed E-state index contributed by atoms with van der Waals surface area (Å²) in [7, 11) is 0.600. The Hall–Kier alpha value is -0.843. The van der Waals surface area contributed by atoms with Crippen molar-refractivity contribution in [2.24, 2.45) is 11.8 Å². The Morgan fingerprint density at radius 3 is 1.82 bits per heavy atom. The van der Waals surface area contributed by atoms with Gasteiger partial charge in [0.2, 0.25) is 0 Å². The number of anilines is 1. The maximum Gasteiger partial charge on any atom is 0.141 e. The number of ether oxygens (including phenoxy) is 2. The lowest BCUT2D eigenvalue weighted by molar-refractivity contribution is -0.110. The van der Waals surface area contributed by atoms with Crippen LogP contribution in [-0.2, 0) is 9.47 Å². The summed E-state index contributed by atoms with van der Waals surface area (Å²) in [6, 6.07) is 10.4. The first-order valence-electron chi connectivity index (χ1n) is 11.5. The topological polar surface area (TPSA) is 30.5 Å². The summed E-state index contributed by atoms with van der Waals surface area (Å²) in [5.41, 5.74) is 1.16. The van der Waals surface area contributed by atoms with Crippen molar-refractivity contribution in [1.29, 1.82) is 0 Å². The molecule has 0 heterocycles. The van der Waals surface area contributed by atoms with Gasteiger partial charge in [0.15, 0.2) is 0 Å². The van der Waals surface area contributed by atoms with Gasteiger partial charge in [-0.2, -0.15) is 0 Å². The van der Waals surface area contributed by atoms with Crippen molar-refractivity contribution in [2.45, 2.75) is 85.0 Å². The van der Waals surface area contributed by atoms with E-state index < -0.39 is 0 Å². The zero-order chi connectivity index (χ0) is 20.5. The number of unbranched alkanes of at least 4 members (excludes halogenated alkanes) is 2. The average molecular weight is 406 g/mol. The molecule has 0 aromatic heterocycles. The molecule has 2 radical (unpaired) electrons. The summed E-state index contributed by atoms with van der Waals surface area (Å²) in [6.07, 6.45) is 10.9. The van der Waals surface area contributed by atoms with Crippen LogP contribution in [0.1, 0.15) is 79.1 Å². The monoisotopic (exact) mass is 405 g/mol. The molecular weight excluding hydrogens is 362 g/mol. The second-order valence-corrected chi connectivity index (χ2v) is 8.99. The van der Waals surface area contributed by atoms with Gasteiger partial charge in [0.05, 0.1) is 13.2 Å². The highest BCUT2D eigenvalue weighted by molar-refractivity contribution is 6.37. The first-order chi connectivity index (χ1) is 13.7. The van der Waals surface area contributed by atoms with Crippen molar-refractivity contribution in [2.75, 3.05) is 24.7 Å². The zero-order valence-corrected chi connectivity index (χ0v) is 19.7. The maximum absolute atomic E-state index is 6.28. The molecule has 0 aliphatic rings. The molecule has 3 nitrogen and oxygen atoms in total. The fourth-order valence-corrected chi connectivity index (χ4v) is 4.10. The lowest BCUT2D eigenvalue weighted by Gasteiger charge is -2.24. The van der Waals surface area contributed by atoms with Gasteiger partial charge >= 0.3 is 0 Å². The van der Waals surface area contributed by atoms with E-state index in [0.717, 1.165) is 25.1 Å². The third kappa shape index (κ3) is 11.9. The molecular formula is C24H43NO2Si. The Labute approximate surface area is 176 Å². The van der Waals surface area contributed by atoms with E-state index in [1.54, 1.807) is 0 Å². The molecule has 160 valence electrons. The molecule has 28 heavy (non-hydrogen) atoms. The first kappa shape index (κ1) is 25.2. The summed E-state index contributed by atoms with van der Waals surface area (Å²) in [6.45, 7) is 10.7. The van der Waals surface area contributed by atoms with Crippen molar-refractivity contribution in [3.8, 4) is 0 Å². The molecule has 0 saturated heterocycles. The van der Waals surface area contributed by atoms with Crippen molar-refractivity contribution in [3.63, 3.8) is 0 Å². The molecule has 0 aliphatic heterocycles. The largest absolute Gasteiger partial charge is 0.388 e. The molecule has 0 saturated carbocycles. The van der Waals surface area contributed by atoms with Crippen LogP contribution in [0.3, 0.4) is 0 Å². The number of hydrogen-bond donors (Lipinski definition) is 1. The van der Waals surface area contributed by atoms with E-state index in [4.69, 9.17) is 9.47 Å². The maximum atomic E-state index is 6.28. The molecule has 0 aliphatic carbocycles. The van der Waals surface area contributed by atoms with Gasteiger partial charge < -0.3 is 14.8 Å². The van der Waals surface area contributed by atoms with Crippen molar-refractivity contribution >= 4 is 15.2 Å². The smallest absolute Gasteiger partial charge is 0.141 e. The third-order valence-electron chi connectivity index (χ3n) is 5.39. The molecule has 0 amide bonds. The normalized spacial score (nSPS) is 14.6. The third-order valence-corrected chi connectivity index (χ3v) is 6.44. The standard InChI is InChI=1S/C24H43NO2Si/c1-5-9-14-21(7-3)18-26-24(27-19-22(8-4)15-10-6-2)28-20-25-23-16-12-11-13-17-23/h11-13,16-17,21-22,24-25H,5-10,14-15,18-20H2,1-4H3. The minimum atomic E-state index is -0.0810. The van der Waals surface area contributed by atoms with E-state index >= 15 is 0 Å². The molecule has 2 unspecified atom stereocenters. The van der Waals surface area contributed by atoms with E-state index in [-0.39, 0.29) is 5.91 Å². The number of hydrogen-bond acceptors (Lipinski definition) is 3. The van der Waals surface area contributed by atoms with E-state index in [2.05, 4.69) is 57.3 Å². The molecule has 0 fully saturated rings. The van der Waals surface area contributed by atoms with E-state index in [1.807, 2.05) is 6.07 Å². The Bertz CT molecular complexity index is 437. The van der Waals surface area contributed by atoms with Crippen LogP contribution < -0.4 is 5.32 Å². The predicted octanol–water partition coefficient (Wildman–Crippen LogP) is 6.51. The minimum absolute atomic E-state index is 0.0810. The van der Waals surface area contributed by atoms with Crippen LogP contribution in [0.25, 0.3) is 0 Å². The predicted molar refractivity (Wildman–Crippen MR) is 123 cm³/mol. The lowest BCUT2D eigenvalue weighted by atomic mass is 10.0. The summed E-state index contributed by atoms with van der Waals surface area (Å²) in [4.78, 5) is 0. The summed E-state index contributed by atoms with van der Waals surface area (Å²) >= 11 is 0. The van der Waals surface area contributed by atoms with E-state index in [0.29, 0.717) is 21.4 Å². The Morgan fingerprint density at radius 2 is 1.36 bits per heavy atom. The van der Waals surface area contributed by atoms with Crippen molar-refractivity contribution in [1.82, 2.24) is 0 Å². The number of benzene rings is 1. The van der Waals surface area contributed by atoms with Gasteiger partial charge in [0, 0.05) is 11.9 Å². The van der Waals surface area contributed by atoms with Crippen LogP contribution in [0.4, 0.5) is 5.69 Å². The number of para-hydroxylation sites is 1. The average Bonchev–Trinajstić information content (AvgIpc) is 2.74. The molecule has 2 atom stereocenters. The summed E-state index contributed by atoms with van der Waals surface area (Å²) in [5, 5.41) is 3.50. The van der Waals surface area contributed by atoms with Gasteiger partial charge in [-0.1, -0.05) is 84.4 Å². The molecule has 0 spiro atoms. The zero-order valence-electron chi connectivity index (χ0n) is 18.7. The van der Waals surface area contributed by atoms with E-state index in [9.17, 15) is 0 Å². The fraction of sp³-hybridized carbons (Fsp3) is 0.750. The highest BCUT2D eigenvalue weighted by atomic mass is 28.2. The van der Waals surface area contributed by atoms with Gasteiger partial charge in [0.1, 0.15) is 15.4 Å². The molecule has 0 bridgehead atoms. The highest BCUT2D eigenvalue weighted by Gasteiger charge is 2.16. The van der Waals surface area contributed by atoms with Gasteiger partial charge in [0.25, 0.3) is 0 Å². The number of nitrogens with one attached hydrogen (secondary N) is 1. The Kier molecular flexibility index (Phi) is 15.3.